The third-order valence-corrected chi connectivity index (χ3v) is 4.67. The highest BCUT2D eigenvalue weighted by Gasteiger charge is 2.32. The molecule has 1 aliphatic rings. The minimum atomic E-state index is -0.564. The molecule has 1 amide bonds. The van der Waals surface area contributed by atoms with E-state index in [1.54, 1.807) is 0 Å². The quantitative estimate of drug-likeness (QED) is 0.890. The molecule has 5 heteroatoms. The van der Waals surface area contributed by atoms with E-state index in [1.807, 2.05) is 38.1 Å². The summed E-state index contributed by atoms with van der Waals surface area (Å²) < 4.78 is 0. The van der Waals surface area contributed by atoms with Crippen molar-refractivity contribution in [3.05, 3.63) is 51.0 Å². The van der Waals surface area contributed by atoms with Crippen LogP contribution < -0.4 is 5.32 Å². The van der Waals surface area contributed by atoms with Crippen LogP contribution in [0, 0.1) is 13.8 Å². The summed E-state index contributed by atoms with van der Waals surface area (Å²) in [6, 6.07) is 7.50. The molecule has 4 nitrogen and oxygen atoms in total. The molecule has 0 saturated carbocycles. The zero-order chi connectivity index (χ0) is 14.3. The van der Waals surface area contributed by atoms with Gasteiger partial charge in [-0.1, -0.05) is 24.3 Å². The number of rotatable bonds is 2. The van der Waals surface area contributed by atoms with Gasteiger partial charge in [0.25, 0.3) is 5.91 Å². The van der Waals surface area contributed by atoms with E-state index in [-0.39, 0.29) is 11.9 Å². The van der Waals surface area contributed by atoms with E-state index in [9.17, 15) is 9.90 Å². The van der Waals surface area contributed by atoms with Gasteiger partial charge < -0.3 is 10.4 Å². The third kappa shape index (κ3) is 2.23. The summed E-state index contributed by atoms with van der Waals surface area (Å²) >= 11 is 1.38. The lowest BCUT2D eigenvalue weighted by Crippen LogP contribution is -2.33. The molecule has 0 saturated heterocycles. The largest absolute Gasteiger partial charge is 0.390 e. The van der Waals surface area contributed by atoms with Crippen molar-refractivity contribution in [2.24, 2.45) is 0 Å². The van der Waals surface area contributed by atoms with Gasteiger partial charge in [-0.25, -0.2) is 4.98 Å². The fraction of sp³-hybridized carbons (Fsp3) is 0.333. The number of carbonyl (C=O) groups is 1. The lowest BCUT2D eigenvalue weighted by atomic mass is 10.1. The van der Waals surface area contributed by atoms with Gasteiger partial charge in [0.15, 0.2) is 0 Å². The lowest BCUT2D eigenvalue weighted by molar-refractivity contribution is 0.0861. The lowest BCUT2D eigenvalue weighted by Gasteiger charge is -2.17. The van der Waals surface area contributed by atoms with E-state index in [1.165, 1.54) is 11.3 Å². The molecule has 2 atom stereocenters. The van der Waals surface area contributed by atoms with Crippen LogP contribution >= 0.6 is 11.3 Å². The zero-order valence-electron chi connectivity index (χ0n) is 11.4. The second-order valence-electron chi connectivity index (χ2n) is 5.07. The van der Waals surface area contributed by atoms with Crippen molar-refractivity contribution < 1.29 is 9.90 Å². The minimum Gasteiger partial charge on any atom is -0.390 e. The number of amides is 1. The molecule has 2 N–H and O–H groups in total. The van der Waals surface area contributed by atoms with Crippen LogP contribution in [0.15, 0.2) is 24.3 Å². The van der Waals surface area contributed by atoms with Crippen LogP contribution in [0.1, 0.15) is 37.5 Å². The van der Waals surface area contributed by atoms with Gasteiger partial charge in [0, 0.05) is 6.42 Å². The number of carbonyl (C=O) groups excluding carboxylic acids is 1. The second kappa shape index (κ2) is 5.00. The van der Waals surface area contributed by atoms with Gasteiger partial charge in [0.1, 0.15) is 4.88 Å². The van der Waals surface area contributed by atoms with E-state index in [2.05, 4.69) is 10.3 Å². The maximum absolute atomic E-state index is 12.3. The molecule has 1 aromatic carbocycles. The smallest absolute Gasteiger partial charge is 0.263 e. The third-order valence-electron chi connectivity index (χ3n) is 3.60. The number of aliphatic hydroxyl groups excluding tert-OH is 1. The number of hydrogen-bond acceptors (Lipinski definition) is 4. The summed E-state index contributed by atoms with van der Waals surface area (Å²) in [6.07, 6.45) is 0.0209. The van der Waals surface area contributed by atoms with Crippen molar-refractivity contribution in [1.82, 2.24) is 10.3 Å². The summed E-state index contributed by atoms with van der Waals surface area (Å²) in [5.74, 6) is -0.158. The number of hydrogen-bond donors (Lipinski definition) is 2. The van der Waals surface area contributed by atoms with Crippen molar-refractivity contribution >= 4 is 17.2 Å². The summed E-state index contributed by atoms with van der Waals surface area (Å²) in [5.41, 5.74) is 2.85. The molecular formula is C15H16N2O2S. The summed E-state index contributed by atoms with van der Waals surface area (Å²) in [6.45, 7) is 3.71. The van der Waals surface area contributed by atoms with Gasteiger partial charge in [-0.3, -0.25) is 4.79 Å². The Labute approximate surface area is 121 Å². The molecular weight excluding hydrogens is 272 g/mol. The first kappa shape index (κ1) is 13.3. The van der Waals surface area contributed by atoms with Crippen LogP contribution in [0.2, 0.25) is 0 Å². The number of nitrogens with one attached hydrogen (secondary N) is 1. The maximum atomic E-state index is 12.3. The first-order valence-electron chi connectivity index (χ1n) is 6.57. The number of aliphatic hydroxyl groups is 1. The molecule has 20 heavy (non-hydrogen) atoms. The second-order valence-corrected chi connectivity index (χ2v) is 6.27. The average Bonchev–Trinajstić information content (AvgIpc) is 2.90. The van der Waals surface area contributed by atoms with Crippen LogP contribution in [-0.4, -0.2) is 22.1 Å². The van der Waals surface area contributed by atoms with E-state index < -0.39 is 6.10 Å². The molecule has 1 aromatic heterocycles. The summed E-state index contributed by atoms with van der Waals surface area (Å²) in [4.78, 5) is 17.2. The molecule has 1 heterocycles. The van der Waals surface area contributed by atoms with E-state index >= 15 is 0 Å². The van der Waals surface area contributed by atoms with Gasteiger partial charge in [-0.15, -0.1) is 11.3 Å². The van der Waals surface area contributed by atoms with Crippen molar-refractivity contribution in [2.75, 3.05) is 0 Å². The van der Waals surface area contributed by atoms with Crippen molar-refractivity contribution in [2.45, 2.75) is 32.4 Å². The number of fused-ring (bicyclic) bond motifs is 1. The predicted molar refractivity (Wildman–Crippen MR) is 77.9 cm³/mol. The van der Waals surface area contributed by atoms with Crippen LogP contribution in [0.5, 0.6) is 0 Å². The first-order chi connectivity index (χ1) is 9.56. The number of benzene rings is 1. The van der Waals surface area contributed by atoms with E-state index in [0.29, 0.717) is 11.3 Å². The Balaban J connectivity index is 1.85. The molecule has 2 aromatic rings. The van der Waals surface area contributed by atoms with Crippen LogP contribution in [0.4, 0.5) is 0 Å². The van der Waals surface area contributed by atoms with Crippen molar-refractivity contribution in [1.29, 1.82) is 0 Å². The van der Waals surface area contributed by atoms with E-state index in [0.717, 1.165) is 21.8 Å². The highest BCUT2D eigenvalue weighted by molar-refractivity contribution is 7.13. The minimum absolute atomic E-state index is 0.158. The standard InChI is InChI=1S/C15H16N2O2S/c1-8-14(20-9(2)16-8)15(19)17-13-11-6-4-3-5-10(11)7-12(13)18/h3-6,12-13,18H,7H2,1-2H3,(H,17,19)/t12-,13+/m1/s1. The topological polar surface area (TPSA) is 62.2 Å². The van der Waals surface area contributed by atoms with Crippen LogP contribution in [0.25, 0.3) is 0 Å². The Morgan fingerprint density at radius 2 is 2.15 bits per heavy atom. The normalized spacial score (nSPS) is 20.8. The van der Waals surface area contributed by atoms with Crippen LogP contribution in [-0.2, 0) is 6.42 Å². The molecule has 104 valence electrons. The monoisotopic (exact) mass is 288 g/mol. The summed E-state index contributed by atoms with van der Waals surface area (Å²) in [7, 11) is 0. The zero-order valence-corrected chi connectivity index (χ0v) is 12.2. The Morgan fingerprint density at radius 3 is 2.85 bits per heavy atom. The number of aryl methyl sites for hydroxylation is 2. The number of aromatic nitrogens is 1. The average molecular weight is 288 g/mol. The Hall–Kier alpha value is -1.72. The van der Waals surface area contributed by atoms with Gasteiger partial charge >= 0.3 is 0 Å². The molecule has 0 fully saturated rings. The van der Waals surface area contributed by atoms with Gasteiger partial charge in [-0.2, -0.15) is 0 Å². The Bertz CT molecular complexity index is 666. The van der Waals surface area contributed by atoms with Crippen molar-refractivity contribution in [3.63, 3.8) is 0 Å². The van der Waals surface area contributed by atoms with Gasteiger partial charge in [0.2, 0.25) is 0 Å². The first-order valence-corrected chi connectivity index (χ1v) is 7.38. The highest BCUT2D eigenvalue weighted by Crippen LogP contribution is 2.31. The molecule has 3 rings (SSSR count). The van der Waals surface area contributed by atoms with E-state index in [4.69, 9.17) is 0 Å². The molecule has 0 radical (unpaired) electrons. The SMILES string of the molecule is Cc1nc(C)c(C(=O)N[C@H]2c3ccccc3C[C@H]2O)s1. The molecule has 0 aliphatic heterocycles. The summed E-state index contributed by atoms with van der Waals surface area (Å²) in [5, 5.41) is 14.0. The van der Waals surface area contributed by atoms with Crippen LogP contribution in [0.3, 0.4) is 0 Å². The maximum Gasteiger partial charge on any atom is 0.263 e. The van der Waals surface area contributed by atoms with Gasteiger partial charge in [-0.05, 0) is 25.0 Å². The fourth-order valence-electron chi connectivity index (χ4n) is 2.70. The molecule has 0 bridgehead atoms. The van der Waals surface area contributed by atoms with Crippen molar-refractivity contribution in [3.8, 4) is 0 Å². The molecule has 0 unspecified atom stereocenters. The number of nitrogens with zero attached hydrogens (tertiary/aromatic N) is 1. The Kier molecular flexibility index (Phi) is 3.31. The predicted octanol–water partition coefficient (Wildman–Crippen LogP) is 2.15. The number of thiazole rings is 1. The fourth-order valence-corrected chi connectivity index (χ4v) is 3.52. The Morgan fingerprint density at radius 1 is 1.40 bits per heavy atom. The molecule has 0 spiro atoms. The molecule has 1 aliphatic carbocycles. The van der Waals surface area contributed by atoms with Gasteiger partial charge in [0.05, 0.1) is 22.8 Å². The highest BCUT2D eigenvalue weighted by atomic mass is 32.1.